The first-order chi connectivity index (χ1) is 12.3. The molecule has 0 spiro atoms. The topological polar surface area (TPSA) is 71.0 Å². The molecule has 0 saturated carbocycles. The lowest BCUT2D eigenvalue weighted by Gasteiger charge is -2.38. The number of aliphatic hydroxyl groups is 1. The molecule has 1 aromatic rings. The molecular formula is C19H28N2O4. The summed E-state index contributed by atoms with van der Waals surface area (Å²) in [4.78, 5) is 14.5. The van der Waals surface area contributed by atoms with E-state index in [1.165, 1.54) is 0 Å². The van der Waals surface area contributed by atoms with Crippen LogP contribution in [0.5, 0.6) is 0 Å². The second kappa shape index (κ2) is 9.29. The first-order valence-corrected chi connectivity index (χ1v) is 9.18. The molecule has 2 heterocycles. The van der Waals surface area contributed by atoms with Crippen molar-refractivity contribution in [2.45, 2.75) is 37.5 Å². The van der Waals surface area contributed by atoms with Crippen LogP contribution in [-0.2, 0) is 9.47 Å². The highest BCUT2D eigenvalue weighted by Crippen LogP contribution is 2.18. The first kappa shape index (κ1) is 18.3. The summed E-state index contributed by atoms with van der Waals surface area (Å²) in [6, 6.07) is 10.1. The number of aliphatic hydroxyl groups excluding tert-OH is 1. The van der Waals surface area contributed by atoms with Crippen LogP contribution in [0.1, 0.15) is 29.6 Å². The monoisotopic (exact) mass is 348 g/mol. The maximum Gasteiger partial charge on any atom is 0.253 e. The van der Waals surface area contributed by atoms with Crippen LogP contribution < -0.4 is 5.32 Å². The fourth-order valence-electron chi connectivity index (χ4n) is 3.59. The van der Waals surface area contributed by atoms with E-state index in [0.717, 1.165) is 44.5 Å². The van der Waals surface area contributed by atoms with Crippen molar-refractivity contribution >= 4 is 5.91 Å². The molecule has 2 fully saturated rings. The van der Waals surface area contributed by atoms with Gasteiger partial charge in [-0.25, -0.2) is 0 Å². The average molecular weight is 348 g/mol. The third-order valence-corrected chi connectivity index (χ3v) is 4.98. The highest BCUT2D eigenvalue weighted by molar-refractivity contribution is 5.94. The Balaban J connectivity index is 1.47. The van der Waals surface area contributed by atoms with Gasteiger partial charge in [0.05, 0.1) is 25.9 Å². The predicted octanol–water partition coefficient (Wildman–Crippen LogP) is 1.05. The Morgan fingerprint density at radius 1 is 1.24 bits per heavy atom. The van der Waals surface area contributed by atoms with Crippen LogP contribution >= 0.6 is 0 Å². The predicted molar refractivity (Wildman–Crippen MR) is 94.6 cm³/mol. The standard InChI is InChI=1S/C19H28N2O4/c22-11-13-25-18-14-24-12-8-17(18)20-16-6-9-21(10-7-16)19(23)15-4-2-1-3-5-15/h1-5,16-18,20,22H,6-14H2/t17-,18-/m1/s1. The summed E-state index contributed by atoms with van der Waals surface area (Å²) in [7, 11) is 0. The molecule has 0 radical (unpaired) electrons. The molecule has 25 heavy (non-hydrogen) atoms. The molecule has 2 N–H and O–H groups in total. The van der Waals surface area contributed by atoms with Crippen molar-refractivity contribution in [2.24, 2.45) is 0 Å². The third-order valence-electron chi connectivity index (χ3n) is 4.98. The lowest BCUT2D eigenvalue weighted by atomic mass is 9.99. The zero-order valence-corrected chi connectivity index (χ0v) is 14.6. The van der Waals surface area contributed by atoms with Crippen molar-refractivity contribution in [1.29, 1.82) is 0 Å². The van der Waals surface area contributed by atoms with Crippen LogP contribution in [0.2, 0.25) is 0 Å². The summed E-state index contributed by atoms with van der Waals surface area (Å²) in [5.74, 6) is 0.120. The van der Waals surface area contributed by atoms with Gasteiger partial charge < -0.3 is 24.8 Å². The molecule has 2 aliphatic heterocycles. The van der Waals surface area contributed by atoms with E-state index in [1.807, 2.05) is 35.2 Å². The Labute approximate surface area is 149 Å². The Kier molecular flexibility index (Phi) is 6.81. The first-order valence-electron chi connectivity index (χ1n) is 9.18. The van der Waals surface area contributed by atoms with Crippen molar-refractivity contribution < 1.29 is 19.4 Å². The molecular weight excluding hydrogens is 320 g/mol. The number of ether oxygens (including phenoxy) is 2. The Hall–Kier alpha value is -1.47. The number of hydrogen-bond acceptors (Lipinski definition) is 5. The second-order valence-electron chi connectivity index (χ2n) is 6.70. The number of carbonyl (C=O) groups is 1. The van der Waals surface area contributed by atoms with E-state index in [2.05, 4.69) is 5.32 Å². The number of hydrogen-bond donors (Lipinski definition) is 2. The Morgan fingerprint density at radius 2 is 2.00 bits per heavy atom. The maximum atomic E-state index is 12.5. The van der Waals surface area contributed by atoms with Gasteiger partial charge in [0.25, 0.3) is 5.91 Å². The molecule has 0 aromatic heterocycles. The molecule has 2 aliphatic rings. The Bertz CT molecular complexity index is 531. The lowest BCUT2D eigenvalue weighted by Crippen LogP contribution is -2.54. The van der Waals surface area contributed by atoms with E-state index >= 15 is 0 Å². The van der Waals surface area contributed by atoms with Gasteiger partial charge in [0.1, 0.15) is 0 Å². The van der Waals surface area contributed by atoms with Crippen molar-refractivity contribution in [3.63, 3.8) is 0 Å². The van der Waals surface area contributed by atoms with Gasteiger partial charge in [-0.1, -0.05) is 18.2 Å². The summed E-state index contributed by atoms with van der Waals surface area (Å²) in [6.07, 6.45) is 2.80. The minimum Gasteiger partial charge on any atom is -0.394 e. The minimum atomic E-state index is -0.00937. The summed E-state index contributed by atoms with van der Waals surface area (Å²) >= 11 is 0. The lowest BCUT2D eigenvalue weighted by molar-refractivity contribution is -0.0784. The zero-order chi connectivity index (χ0) is 17.5. The fourth-order valence-corrected chi connectivity index (χ4v) is 3.59. The van der Waals surface area contributed by atoms with E-state index in [9.17, 15) is 4.79 Å². The molecule has 3 rings (SSSR count). The molecule has 1 amide bonds. The Morgan fingerprint density at radius 3 is 2.72 bits per heavy atom. The zero-order valence-electron chi connectivity index (χ0n) is 14.6. The van der Waals surface area contributed by atoms with E-state index in [4.69, 9.17) is 14.6 Å². The van der Waals surface area contributed by atoms with Gasteiger partial charge in [-0.3, -0.25) is 4.79 Å². The quantitative estimate of drug-likeness (QED) is 0.804. The highest BCUT2D eigenvalue weighted by Gasteiger charge is 2.30. The highest BCUT2D eigenvalue weighted by atomic mass is 16.5. The van der Waals surface area contributed by atoms with Gasteiger partial charge in [-0.15, -0.1) is 0 Å². The molecule has 6 heteroatoms. The SMILES string of the molecule is O=C(c1ccccc1)N1CCC(N[C@@H]2CCOC[C@H]2OCCO)CC1. The minimum absolute atomic E-state index is 0.00937. The molecule has 2 saturated heterocycles. The molecule has 1 aromatic carbocycles. The van der Waals surface area contributed by atoms with E-state index in [0.29, 0.717) is 19.3 Å². The number of nitrogens with one attached hydrogen (secondary N) is 1. The summed E-state index contributed by atoms with van der Waals surface area (Å²) < 4.78 is 11.2. The second-order valence-corrected chi connectivity index (χ2v) is 6.70. The molecule has 6 nitrogen and oxygen atoms in total. The third kappa shape index (κ3) is 5.01. The summed E-state index contributed by atoms with van der Waals surface area (Å²) in [5, 5.41) is 12.6. The number of amides is 1. The van der Waals surface area contributed by atoms with Gasteiger partial charge in [0, 0.05) is 37.3 Å². The van der Waals surface area contributed by atoms with Crippen LogP contribution in [0, 0.1) is 0 Å². The largest absolute Gasteiger partial charge is 0.394 e. The summed E-state index contributed by atoms with van der Waals surface area (Å²) in [5.41, 5.74) is 0.760. The number of benzene rings is 1. The van der Waals surface area contributed by atoms with Crippen LogP contribution in [0.25, 0.3) is 0 Å². The van der Waals surface area contributed by atoms with Crippen LogP contribution in [0.4, 0.5) is 0 Å². The van der Waals surface area contributed by atoms with Gasteiger partial charge in [-0.2, -0.15) is 0 Å². The van der Waals surface area contributed by atoms with E-state index < -0.39 is 0 Å². The number of rotatable bonds is 6. The van der Waals surface area contributed by atoms with E-state index in [-0.39, 0.29) is 24.7 Å². The van der Waals surface area contributed by atoms with Crippen molar-refractivity contribution in [3.05, 3.63) is 35.9 Å². The molecule has 138 valence electrons. The maximum absolute atomic E-state index is 12.5. The van der Waals surface area contributed by atoms with Crippen LogP contribution in [0.15, 0.2) is 30.3 Å². The number of likely N-dealkylation sites (tertiary alicyclic amines) is 1. The number of piperidine rings is 1. The fraction of sp³-hybridized carbons (Fsp3) is 0.632. The average Bonchev–Trinajstić information content (AvgIpc) is 2.68. The van der Waals surface area contributed by atoms with Crippen molar-refractivity contribution in [2.75, 3.05) is 39.5 Å². The van der Waals surface area contributed by atoms with Gasteiger partial charge in [0.15, 0.2) is 0 Å². The van der Waals surface area contributed by atoms with Crippen LogP contribution in [0.3, 0.4) is 0 Å². The number of carbonyl (C=O) groups excluding carboxylic acids is 1. The van der Waals surface area contributed by atoms with Crippen molar-refractivity contribution in [1.82, 2.24) is 10.2 Å². The summed E-state index contributed by atoms with van der Waals surface area (Å²) in [6.45, 7) is 3.23. The molecule has 0 bridgehead atoms. The van der Waals surface area contributed by atoms with Gasteiger partial charge in [0.2, 0.25) is 0 Å². The smallest absolute Gasteiger partial charge is 0.253 e. The molecule has 0 aliphatic carbocycles. The van der Waals surface area contributed by atoms with Gasteiger partial charge in [-0.05, 0) is 31.4 Å². The van der Waals surface area contributed by atoms with Crippen LogP contribution in [-0.4, -0.2) is 73.6 Å². The van der Waals surface area contributed by atoms with Crippen molar-refractivity contribution in [3.8, 4) is 0 Å². The molecule has 0 unspecified atom stereocenters. The van der Waals surface area contributed by atoms with E-state index in [1.54, 1.807) is 0 Å². The number of nitrogens with zero attached hydrogens (tertiary/aromatic N) is 1. The molecule has 2 atom stereocenters. The van der Waals surface area contributed by atoms with Gasteiger partial charge >= 0.3 is 0 Å². The normalized spacial score (nSPS) is 25.1.